The summed E-state index contributed by atoms with van der Waals surface area (Å²) in [5.74, 6) is 1.04. The van der Waals surface area contributed by atoms with Crippen LogP contribution in [0.4, 0.5) is 11.4 Å². The first-order valence-electron chi connectivity index (χ1n) is 16.6. The number of hydrogen-bond acceptors (Lipinski definition) is 9. The molecule has 1 aliphatic rings. The van der Waals surface area contributed by atoms with E-state index in [0.717, 1.165) is 10.5 Å². The molecule has 0 fully saturated rings. The Kier molecular flexibility index (Phi) is 11.8. The van der Waals surface area contributed by atoms with Crippen molar-refractivity contribution in [2.24, 2.45) is 0 Å². The van der Waals surface area contributed by atoms with Crippen molar-refractivity contribution >= 4 is 46.9 Å². The van der Waals surface area contributed by atoms with E-state index in [1.807, 2.05) is 36.4 Å². The molecule has 0 radical (unpaired) electrons. The average molecular weight is 732 g/mol. The topological polar surface area (TPSA) is 133 Å². The van der Waals surface area contributed by atoms with Crippen LogP contribution >= 0.6 is 11.8 Å². The van der Waals surface area contributed by atoms with Gasteiger partial charge in [0.1, 0.15) is 24.2 Å². The van der Waals surface area contributed by atoms with Gasteiger partial charge in [0.05, 0.1) is 21.3 Å². The van der Waals surface area contributed by atoms with E-state index in [4.69, 9.17) is 23.7 Å². The number of amides is 3. The molecule has 11 nitrogen and oxygen atoms in total. The molecule has 1 aliphatic heterocycles. The lowest BCUT2D eigenvalue weighted by molar-refractivity contribution is -0.116. The van der Waals surface area contributed by atoms with Crippen LogP contribution in [0.2, 0.25) is 0 Å². The molecule has 3 N–H and O–H groups in total. The van der Waals surface area contributed by atoms with Crippen LogP contribution in [-0.2, 0) is 9.59 Å². The molecule has 0 saturated heterocycles. The maximum atomic E-state index is 13.9. The van der Waals surface area contributed by atoms with Crippen molar-refractivity contribution in [3.05, 3.63) is 138 Å². The van der Waals surface area contributed by atoms with E-state index in [1.165, 1.54) is 39.2 Å². The van der Waals surface area contributed by atoms with Crippen LogP contribution in [0.25, 0.3) is 6.08 Å². The number of carbonyl (C=O) groups is 3. The zero-order valence-corrected chi connectivity index (χ0v) is 30.0. The van der Waals surface area contributed by atoms with Crippen LogP contribution in [0.15, 0.2) is 126 Å². The molecule has 5 aromatic carbocycles. The van der Waals surface area contributed by atoms with E-state index in [0.29, 0.717) is 64.5 Å². The quantitative estimate of drug-likeness (QED) is 0.0839. The second-order valence-electron chi connectivity index (χ2n) is 11.6. The first-order chi connectivity index (χ1) is 25.8. The van der Waals surface area contributed by atoms with Crippen LogP contribution in [-0.4, -0.2) is 52.3 Å². The summed E-state index contributed by atoms with van der Waals surface area (Å²) in [5.41, 5.74) is 2.66. The van der Waals surface area contributed by atoms with Crippen LogP contribution in [0, 0.1) is 0 Å². The Morgan fingerprint density at radius 2 is 1.36 bits per heavy atom. The van der Waals surface area contributed by atoms with Gasteiger partial charge in [-0.05, 0) is 71.8 Å². The highest BCUT2D eigenvalue weighted by Crippen LogP contribution is 2.40. The predicted octanol–water partition coefficient (Wildman–Crippen LogP) is 7.37. The summed E-state index contributed by atoms with van der Waals surface area (Å²) in [6.07, 6.45) is 1.52. The lowest BCUT2D eigenvalue weighted by Crippen LogP contribution is -2.30. The largest absolute Gasteiger partial charge is 0.493 e. The molecule has 53 heavy (non-hydrogen) atoms. The fourth-order valence-corrected chi connectivity index (χ4v) is 6.59. The van der Waals surface area contributed by atoms with Gasteiger partial charge < -0.3 is 39.6 Å². The number of nitrogens with one attached hydrogen (secondary N) is 3. The molecule has 6 rings (SSSR count). The van der Waals surface area contributed by atoms with E-state index in [-0.39, 0.29) is 11.6 Å². The molecular formula is C41H37N3O8S. The smallest absolute Gasteiger partial charge is 0.272 e. The highest BCUT2D eigenvalue weighted by molar-refractivity contribution is 8.00. The normalized spacial score (nSPS) is 12.5. The molecule has 0 aromatic heterocycles. The SMILES string of the molecule is COc1cc(/C=C(/NC(=O)c2ccccc2)C(=O)Nc2cccc(SC(C(=O)Nc3ccc4c(c3)OCCO4)c3ccccc3)c2)cc(OC)c1OC. The van der Waals surface area contributed by atoms with E-state index in [9.17, 15) is 14.4 Å². The maximum Gasteiger partial charge on any atom is 0.272 e. The van der Waals surface area contributed by atoms with Crippen molar-refractivity contribution in [2.45, 2.75) is 10.1 Å². The standard InChI is InChI=1S/C41H37N3O8S/c1-48-35-22-26(23-36(49-2)37(35)50-3)21-32(44-39(45)28-13-8-5-9-14-28)40(46)42-29-15-10-16-31(24-29)53-38(27-11-6-4-7-12-27)41(47)43-30-17-18-33-34(25-30)52-20-19-51-33/h4-18,21-25,38H,19-20H2,1-3H3,(H,42,46)(H,43,47)(H,44,45)/b32-21+. The van der Waals surface area contributed by atoms with Crippen molar-refractivity contribution in [2.75, 3.05) is 45.2 Å². The number of ether oxygens (including phenoxy) is 5. The minimum absolute atomic E-state index is 0.0350. The van der Waals surface area contributed by atoms with Crippen LogP contribution in [0.1, 0.15) is 26.7 Å². The summed E-state index contributed by atoms with van der Waals surface area (Å²) < 4.78 is 27.7. The number of rotatable bonds is 13. The van der Waals surface area contributed by atoms with Gasteiger partial charge in [0, 0.05) is 27.9 Å². The predicted molar refractivity (Wildman–Crippen MR) is 204 cm³/mol. The minimum atomic E-state index is -0.643. The third kappa shape index (κ3) is 9.10. The molecule has 12 heteroatoms. The molecule has 0 saturated carbocycles. The molecule has 0 spiro atoms. The van der Waals surface area contributed by atoms with Gasteiger partial charge in [-0.3, -0.25) is 14.4 Å². The Bertz CT molecular complexity index is 2100. The molecular weight excluding hydrogens is 695 g/mol. The number of carbonyl (C=O) groups excluding carboxylic acids is 3. The molecule has 0 aliphatic carbocycles. The molecule has 0 bridgehead atoms. The summed E-state index contributed by atoms with van der Waals surface area (Å²) in [7, 11) is 4.48. The number of fused-ring (bicyclic) bond motifs is 1. The molecule has 3 amide bonds. The fourth-order valence-electron chi connectivity index (χ4n) is 5.51. The van der Waals surface area contributed by atoms with Crippen molar-refractivity contribution in [3.63, 3.8) is 0 Å². The minimum Gasteiger partial charge on any atom is -0.493 e. The summed E-state index contributed by atoms with van der Waals surface area (Å²) in [4.78, 5) is 41.7. The van der Waals surface area contributed by atoms with Gasteiger partial charge >= 0.3 is 0 Å². The third-order valence-corrected chi connectivity index (χ3v) is 9.27. The molecule has 5 aromatic rings. The second kappa shape index (κ2) is 17.2. The zero-order chi connectivity index (χ0) is 37.2. The van der Waals surface area contributed by atoms with Gasteiger partial charge in [-0.2, -0.15) is 0 Å². The first-order valence-corrected chi connectivity index (χ1v) is 17.4. The monoisotopic (exact) mass is 731 g/mol. The fraction of sp³-hybridized carbons (Fsp3) is 0.146. The molecule has 270 valence electrons. The number of hydrogen-bond donors (Lipinski definition) is 3. The average Bonchev–Trinajstić information content (AvgIpc) is 3.19. The van der Waals surface area contributed by atoms with Gasteiger partial charge in [0.2, 0.25) is 11.7 Å². The van der Waals surface area contributed by atoms with Crippen LogP contribution in [0.5, 0.6) is 28.7 Å². The zero-order valence-electron chi connectivity index (χ0n) is 29.2. The summed E-state index contributed by atoms with van der Waals surface area (Å²) in [6.45, 7) is 0.902. The Labute approximate surface area is 311 Å². The third-order valence-electron chi connectivity index (χ3n) is 8.02. The Balaban J connectivity index is 1.26. The van der Waals surface area contributed by atoms with Crippen LogP contribution in [0.3, 0.4) is 0 Å². The number of methoxy groups -OCH3 is 3. The number of benzene rings is 5. The van der Waals surface area contributed by atoms with Gasteiger partial charge in [0.15, 0.2) is 23.0 Å². The summed E-state index contributed by atoms with van der Waals surface area (Å²) in [5, 5.41) is 8.02. The van der Waals surface area contributed by atoms with E-state index in [1.54, 1.807) is 78.9 Å². The Morgan fingerprint density at radius 1 is 0.698 bits per heavy atom. The van der Waals surface area contributed by atoms with E-state index < -0.39 is 17.1 Å². The van der Waals surface area contributed by atoms with E-state index >= 15 is 0 Å². The van der Waals surface area contributed by atoms with Crippen molar-refractivity contribution in [1.29, 1.82) is 0 Å². The lowest BCUT2D eigenvalue weighted by Gasteiger charge is -2.20. The second-order valence-corrected chi connectivity index (χ2v) is 12.8. The van der Waals surface area contributed by atoms with E-state index in [2.05, 4.69) is 16.0 Å². The lowest BCUT2D eigenvalue weighted by atomic mass is 10.1. The highest BCUT2D eigenvalue weighted by Gasteiger charge is 2.24. The van der Waals surface area contributed by atoms with Gasteiger partial charge in [0.25, 0.3) is 11.8 Å². The number of thioether (sulfide) groups is 1. The summed E-state index contributed by atoms with van der Waals surface area (Å²) in [6, 6.07) is 33.8. The van der Waals surface area contributed by atoms with Crippen molar-refractivity contribution < 1.29 is 38.1 Å². The first kappa shape index (κ1) is 36.4. The van der Waals surface area contributed by atoms with Crippen LogP contribution < -0.4 is 39.6 Å². The Morgan fingerprint density at radius 3 is 2.04 bits per heavy atom. The van der Waals surface area contributed by atoms with Gasteiger partial charge in [-0.25, -0.2) is 0 Å². The highest BCUT2D eigenvalue weighted by atomic mass is 32.2. The summed E-state index contributed by atoms with van der Waals surface area (Å²) >= 11 is 1.33. The molecule has 1 heterocycles. The molecule has 1 atom stereocenters. The van der Waals surface area contributed by atoms with Gasteiger partial charge in [-0.1, -0.05) is 54.6 Å². The maximum absolute atomic E-state index is 13.9. The molecule has 1 unspecified atom stereocenters. The van der Waals surface area contributed by atoms with Crippen molar-refractivity contribution in [3.8, 4) is 28.7 Å². The van der Waals surface area contributed by atoms with Crippen molar-refractivity contribution in [1.82, 2.24) is 5.32 Å². The Hall–Kier alpha value is -6.40. The van der Waals surface area contributed by atoms with Gasteiger partial charge in [-0.15, -0.1) is 11.8 Å². The number of anilines is 2.